The fourth-order valence-electron chi connectivity index (χ4n) is 3.92. The molecule has 0 spiro atoms. The second-order valence-corrected chi connectivity index (χ2v) is 7.38. The molecule has 1 N–H and O–H groups in total. The molecule has 0 unspecified atom stereocenters. The van der Waals surface area contributed by atoms with Gasteiger partial charge in [0.1, 0.15) is 22.8 Å². The van der Waals surface area contributed by atoms with Crippen molar-refractivity contribution in [2.45, 2.75) is 32.7 Å². The van der Waals surface area contributed by atoms with Crippen LogP contribution in [0.25, 0.3) is 16.9 Å². The van der Waals surface area contributed by atoms with E-state index >= 15 is 0 Å². The molecule has 6 nitrogen and oxygen atoms in total. The monoisotopic (exact) mass is 372 g/mol. The van der Waals surface area contributed by atoms with Gasteiger partial charge < -0.3 is 9.84 Å². The number of aromatic nitrogens is 3. The smallest absolute Gasteiger partial charge is 0.270 e. The quantitative estimate of drug-likeness (QED) is 0.589. The van der Waals surface area contributed by atoms with Crippen LogP contribution in [0.5, 0.6) is 0 Å². The Labute approximate surface area is 162 Å². The number of benzene rings is 1. The van der Waals surface area contributed by atoms with Crippen LogP contribution in [0.2, 0.25) is 0 Å². The van der Waals surface area contributed by atoms with Crippen molar-refractivity contribution in [1.29, 1.82) is 0 Å². The first-order valence-corrected chi connectivity index (χ1v) is 9.39. The molecule has 0 aliphatic heterocycles. The Morgan fingerprint density at radius 2 is 2.11 bits per heavy atom. The molecule has 140 valence electrons. The van der Waals surface area contributed by atoms with Gasteiger partial charge in [-0.05, 0) is 55.5 Å². The second-order valence-electron chi connectivity index (χ2n) is 7.38. The minimum absolute atomic E-state index is 0.00551. The van der Waals surface area contributed by atoms with Crippen LogP contribution in [0, 0.1) is 13.8 Å². The van der Waals surface area contributed by atoms with Crippen LogP contribution in [-0.2, 0) is 6.42 Å². The predicted molar refractivity (Wildman–Crippen MR) is 105 cm³/mol. The molecule has 3 aromatic heterocycles. The van der Waals surface area contributed by atoms with Gasteiger partial charge in [-0.1, -0.05) is 23.4 Å². The highest BCUT2D eigenvalue weighted by atomic mass is 16.5. The van der Waals surface area contributed by atoms with Crippen molar-refractivity contribution in [3.8, 4) is 11.3 Å². The molecule has 28 heavy (non-hydrogen) atoms. The summed E-state index contributed by atoms with van der Waals surface area (Å²) in [5, 5.41) is 7.27. The number of amides is 1. The van der Waals surface area contributed by atoms with Gasteiger partial charge in [-0.25, -0.2) is 4.98 Å². The zero-order chi connectivity index (χ0) is 19.3. The number of nitrogens with one attached hydrogen (secondary N) is 1. The Morgan fingerprint density at radius 1 is 1.21 bits per heavy atom. The zero-order valence-corrected chi connectivity index (χ0v) is 15.8. The lowest BCUT2D eigenvalue weighted by molar-refractivity contribution is 0.0931. The maximum atomic E-state index is 12.9. The van der Waals surface area contributed by atoms with Crippen molar-refractivity contribution in [1.82, 2.24) is 19.9 Å². The van der Waals surface area contributed by atoms with Gasteiger partial charge in [0.05, 0.1) is 12.2 Å². The number of nitrogens with zero attached hydrogens (tertiary/aromatic N) is 3. The van der Waals surface area contributed by atoms with Gasteiger partial charge in [0.15, 0.2) is 0 Å². The van der Waals surface area contributed by atoms with E-state index in [4.69, 9.17) is 4.52 Å². The number of hydrogen-bond donors (Lipinski definition) is 1. The van der Waals surface area contributed by atoms with Crippen molar-refractivity contribution < 1.29 is 9.32 Å². The molecule has 0 radical (unpaired) electrons. The summed E-state index contributed by atoms with van der Waals surface area (Å²) in [5.74, 6) is 0.691. The maximum Gasteiger partial charge on any atom is 0.270 e. The molecule has 4 aromatic rings. The third kappa shape index (κ3) is 2.78. The zero-order valence-electron chi connectivity index (χ0n) is 15.8. The molecule has 1 amide bonds. The van der Waals surface area contributed by atoms with E-state index in [1.807, 2.05) is 48.7 Å². The molecule has 1 aliphatic rings. The average Bonchev–Trinajstić information content (AvgIpc) is 3.39. The summed E-state index contributed by atoms with van der Waals surface area (Å²) in [4.78, 5) is 17.2. The highest BCUT2D eigenvalue weighted by Crippen LogP contribution is 2.34. The molecule has 1 aromatic carbocycles. The summed E-state index contributed by atoms with van der Waals surface area (Å²) in [6, 6.07) is 12.1. The van der Waals surface area contributed by atoms with E-state index < -0.39 is 0 Å². The lowest BCUT2D eigenvalue weighted by atomic mass is 10.0. The number of rotatable bonds is 3. The maximum absolute atomic E-state index is 12.9. The van der Waals surface area contributed by atoms with Crippen LogP contribution < -0.4 is 5.32 Å². The molecular formula is C22H20N4O2. The van der Waals surface area contributed by atoms with Crippen LogP contribution in [0.15, 0.2) is 53.3 Å². The van der Waals surface area contributed by atoms with E-state index in [2.05, 4.69) is 27.6 Å². The molecule has 0 bridgehead atoms. The fraction of sp³-hybridized carbons (Fsp3) is 0.227. The Morgan fingerprint density at radius 3 is 2.93 bits per heavy atom. The highest BCUT2D eigenvalue weighted by Gasteiger charge is 2.26. The predicted octanol–water partition coefficient (Wildman–Crippen LogP) is 4.02. The third-order valence-corrected chi connectivity index (χ3v) is 5.34. The van der Waals surface area contributed by atoms with Gasteiger partial charge in [0.2, 0.25) is 0 Å². The molecule has 0 saturated heterocycles. The molecule has 3 heterocycles. The molecule has 1 aliphatic carbocycles. The van der Waals surface area contributed by atoms with Gasteiger partial charge in [-0.3, -0.25) is 9.20 Å². The molecule has 0 fully saturated rings. The van der Waals surface area contributed by atoms with E-state index in [9.17, 15) is 4.79 Å². The first-order valence-electron chi connectivity index (χ1n) is 9.39. The van der Waals surface area contributed by atoms with Crippen molar-refractivity contribution >= 4 is 11.6 Å². The second kappa shape index (κ2) is 6.34. The summed E-state index contributed by atoms with van der Waals surface area (Å²) in [6.07, 6.45) is 5.39. The van der Waals surface area contributed by atoms with Gasteiger partial charge in [0.25, 0.3) is 5.91 Å². The topological polar surface area (TPSA) is 72.4 Å². The average molecular weight is 372 g/mol. The standard InChI is InChI=1S/C22H20N4O2/c1-13-3-8-21-23-11-20(26(21)12-13)22(27)24-18-7-5-15-10-16(4-6-17(15)18)19-9-14(2)28-25-19/h3-4,6,8-12,18H,5,7H2,1-2H3,(H,24,27)/t18-/m1/s1. The first kappa shape index (κ1) is 16.7. The summed E-state index contributed by atoms with van der Waals surface area (Å²) in [7, 11) is 0. The van der Waals surface area contributed by atoms with Crippen LogP contribution >= 0.6 is 0 Å². The van der Waals surface area contributed by atoms with E-state index in [0.29, 0.717) is 5.69 Å². The van der Waals surface area contributed by atoms with Gasteiger partial charge in [-0.2, -0.15) is 0 Å². The number of imidazole rings is 1. The van der Waals surface area contributed by atoms with Crippen molar-refractivity contribution in [2.24, 2.45) is 0 Å². The molecule has 1 atom stereocenters. The van der Waals surface area contributed by atoms with E-state index in [0.717, 1.165) is 41.1 Å². The lowest BCUT2D eigenvalue weighted by Gasteiger charge is -2.14. The Balaban J connectivity index is 1.40. The highest BCUT2D eigenvalue weighted by molar-refractivity contribution is 5.93. The molecular weight excluding hydrogens is 352 g/mol. The normalized spacial score (nSPS) is 15.7. The minimum atomic E-state index is -0.104. The number of fused-ring (bicyclic) bond motifs is 2. The summed E-state index contributed by atoms with van der Waals surface area (Å²) in [5.41, 5.74) is 6.71. The van der Waals surface area contributed by atoms with E-state index in [1.165, 1.54) is 11.1 Å². The van der Waals surface area contributed by atoms with E-state index in [1.54, 1.807) is 6.20 Å². The van der Waals surface area contributed by atoms with Crippen LogP contribution in [0.4, 0.5) is 0 Å². The van der Waals surface area contributed by atoms with Crippen LogP contribution in [-0.4, -0.2) is 20.4 Å². The van der Waals surface area contributed by atoms with Gasteiger partial charge in [-0.15, -0.1) is 0 Å². The van der Waals surface area contributed by atoms with E-state index in [-0.39, 0.29) is 11.9 Å². The number of carbonyl (C=O) groups is 1. The number of pyridine rings is 1. The largest absolute Gasteiger partial charge is 0.361 e. The molecule has 5 rings (SSSR count). The Kier molecular flexibility index (Phi) is 3.79. The van der Waals surface area contributed by atoms with Crippen molar-refractivity contribution in [2.75, 3.05) is 0 Å². The molecule has 6 heteroatoms. The van der Waals surface area contributed by atoms with Crippen molar-refractivity contribution in [3.05, 3.63) is 76.9 Å². The van der Waals surface area contributed by atoms with Gasteiger partial charge >= 0.3 is 0 Å². The molecule has 0 saturated carbocycles. The first-order chi connectivity index (χ1) is 13.6. The number of hydrogen-bond acceptors (Lipinski definition) is 4. The Bertz CT molecular complexity index is 1200. The van der Waals surface area contributed by atoms with Crippen LogP contribution in [0.1, 0.15) is 45.4 Å². The Hall–Kier alpha value is -3.41. The lowest BCUT2D eigenvalue weighted by Crippen LogP contribution is -2.28. The minimum Gasteiger partial charge on any atom is -0.361 e. The summed E-state index contributed by atoms with van der Waals surface area (Å²) < 4.78 is 7.03. The van der Waals surface area contributed by atoms with Gasteiger partial charge in [0, 0.05) is 17.8 Å². The number of carbonyl (C=O) groups excluding carboxylic acids is 1. The third-order valence-electron chi connectivity index (χ3n) is 5.34. The SMILES string of the molecule is Cc1ccc2ncc(C(=O)N[C@@H]3CCc4cc(-c5cc(C)on5)ccc43)n2c1. The van der Waals surface area contributed by atoms with Crippen LogP contribution in [0.3, 0.4) is 0 Å². The number of aryl methyl sites for hydroxylation is 3. The summed E-state index contributed by atoms with van der Waals surface area (Å²) in [6.45, 7) is 3.89. The fourth-order valence-corrected chi connectivity index (χ4v) is 3.92. The van der Waals surface area contributed by atoms with Crippen molar-refractivity contribution in [3.63, 3.8) is 0 Å². The summed E-state index contributed by atoms with van der Waals surface area (Å²) >= 11 is 0.